The molecule has 0 saturated carbocycles. The zero-order valence-corrected chi connectivity index (χ0v) is 21.5. The first-order chi connectivity index (χ1) is 17.5. The highest BCUT2D eigenvalue weighted by molar-refractivity contribution is 8.00. The number of hydrogen-bond acceptors (Lipinski definition) is 8. The fourth-order valence-electron chi connectivity index (χ4n) is 3.74. The number of rotatable bonds is 7. The van der Waals surface area contributed by atoms with Gasteiger partial charge in [0.05, 0.1) is 10.9 Å². The molecule has 5 aromatic rings. The third kappa shape index (κ3) is 4.64. The van der Waals surface area contributed by atoms with Crippen LogP contribution in [-0.2, 0) is 12.3 Å². The number of hydrogen-bond donors (Lipinski definition) is 2. The molecule has 0 aliphatic carbocycles. The van der Waals surface area contributed by atoms with Crippen LogP contribution >= 0.6 is 34.7 Å². The first-order valence-electron chi connectivity index (χ1n) is 11.1. The number of aromatic nitrogens is 5. The molecule has 0 aliphatic rings. The Balaban J connectivity index is 1.45. The number of aryl methyl sites for hydroxylation is 1. The number of thioether (sulfide) groups is 1. The van der Waals surface area contributed by atoms with Crippen LogP contribution in [0.25, 0.3) is 16.7 Å². The van der Waals surface area contributed by atoms with E-state index in [1.165, 1.54) is 33.6 Å². The van der Waals surface area contributed by atoms with E-state index in [1.54, 1.807) is 29.0 Å². The third-order valence-electron chi connectivity index (χ3n) is 5.45. The zero-order chi connectivity index (χ0) is 25.2. The summed E-state index contributed by atoms with van der Waals surface area (Å²) in [6.07, 6.45) is 2.33. The van der Waals surface area contributed by atoms with Crippen LogP contribution in [0.2, 0.25) is 5.02 Å². The summed E-state index contributed by atoms with van der Waals surface area (Å²) in [6.45, 7) is 2.40. The van der Waals surface area contributed by atoms with Crippen molar-refractivity contribution in [1.82, 2.24) is 24.1 Å². The molecular weight excluding hydrogens is 518 g/mol. The van der Waals surface area contributed by atoms with E-state index < -0.39 is 5.91 Å². The van der Waals surface area contributed by atoms with E-state index in [9.17, 15) is 9.59 Å². The molecule has 0 bridgehead atoms. The Morgan fingerprint density at radius 2 is 2.00 bits per heavy atom. The van der Waals surface area contributed by atoms with Crippen molar-refractivity contribution in [1.29, 1.82) is 5.41 Å². The maximum absolute atomic E-state index is 13.2. The number of amides is 1. The molecule has 0 atom stereocenters. The molecule has 0 radical (unpaired) electrons. The third-order valence-corrected chi connectivity index (χ3v) is 7.84. The number of nitrogens with zero attached hydrogens (tertiary/aromatic N) is 5. The van der Waals surface area contributed by atoms with Crippen molar-refractivity contribution in [3.05, 3.63) is 86.7 Å². The number of benzene rings is 1. The number of carbonyl (C=O) groups is 1. The van der Waals surface area contributed by atoms with Gasteiger partial charge in [-0.2, -0.15) is 0 Å². The Bertz CT molecular complexity index is 1730. The lowest BCUT2D eigenvalue weighted by Gasteiger charge is -2.13. The van der Waals surface area contributed by atoms with Crippen molar-refractivity contribution in [2.24, 2.45) is 0 Å². The van der Waals surface area contributed by atoms with E-state index in [-0.39, 0.29) is 22.0 Å². The van der Waals surface area contributed by atoms with E-state index in [2.05, 4.69) is 20.5 Å². The minimum absolute atomic E-state index is 0.0214. The summed E-state index contributed by atoms with van der Waals surface area (Å²) < 4.78 is 3.70. The fraction of sp³-hybridized carbons (Fsp3) is 0.167. The first-order valence-corrected chi connectivity index (χ1v) is 13.2. The molecule has 12 heteroatoms. The summed E-state index contributed by atoms with van der Waals surface area (Å²) in [5, 5.41) is 20.9. The number of nitrogens with one attached hydrogen (secondary N) is 2. The normalized spacial score (nSPS) is 11.3. The maximum Gasteiger partial charge on any atom is 0.267 e. The monoisotopic (exact) mass is 537 g/mol. The van der Waals surface area contributed by atoms with Gasteiger partial charge in [-0.05, 0) is 36.2 Å². The minimum Gasteiger partial charge on any atom is -0.310 e. The Kier molecular flexibility index (Phi) is 6.86. The molecule has 1 aromatic carbocycles. The number of halogens is 1. The standard InChI is InChI=1S/C24H20ClN7O2S2/c1-2-10-32-19(26)15(12-16-20(32)27-18-9-5-6-11-31(18)22(16)34)21(33)28-23-29-30-24(36-23)35-13-14-7-3-4-8-17(14)25/h3-9,11-12,26H,2,10,13H2,1H3,(H,28,29,33). The van der Waals surface area contributed by atoms with Crippen LogP contribution in [0.5, 0.6) is 0 Å². The van der Waals surface area contributed by atoms with Crippen molar-refractivity contribution in [3.8, 4) is 0 Å². The van der Waals surface area contributed by atoms with Crippen LogP contribution in [0, 0.1) is 5.41 Å². The highest BCUT2D eigenvalue weighted by atomic mass is 35.5. The smallest absolute Gasteiger partial charge is 0.267 e. The number of anilines is 1. The second-order valence-corrected chi connectivity index (χ2v) is 10.5. The van der Waals surface area contributed by atoms with Crippen molar-refractivity contribution in [2.75, 3.05) is 5.32 Å². The van der Waals surface area contributed by atoms with Gasteiger partial charge in [0.25, 0.3) is 11.5 Å². The molecule has 2 N–H and O–H groups in total. The van der Waals surface area contributed by atoms with E-state index in [0.717, 1.165) is 5.56 Å². The Hall–Kier alpha value is -3.54. The summed E-state index contributed by atoms with van der Waals surface area (Å²) in [4.78, 5) is 31.0. The molecule has 0 fully saturated rings. The maximum atomic E-state index is 13.2. The molecule has 0 aliphatic heterocycles. The quantitative estimate of drug-likeness (QED) is 0.178. The van der Waals surface area contributed by atoms with Crippen LogP contribution < -0.4 is 16.4 Å². The second-order valence-electron chi connectivity index (χ2n) is 7.85. The molecule has 0 unspecified atom stereocenters. The predicted molar refractivity (Wildman–Crippen MR) is 142 cm³/mol. The molecule has 1 amide bonds. The van der Waals surface area contributed by atoms with Crippen molar-refractivity contribution in [2.45, 2.75) is 30.0 Å². The average Bonchev–Trinajstić information content (AvgIpc) is 3.32. The largest absolute Gasteiger partial charge is 0.310 e. The van der Waals surface area contributed by atoms with Crippen LogP contribution in [0.3, 0.4) is 0 Å². The van der Waals surface area contributed by atoms with Gasteiger partial charge in [0.2, 0.25) is 5.13 Å². The molecule has 182 valence electrons. The van der Waals surface area contributed by atoms with E-state index in [0.29, 0.717) is 44.5 Å². The van der Waals surface area contributed by atoms with Gasteiger partial charge in [-0.1, -0.05) is 65.9 Å². The summed E-state index contributed by atoms with van der Waals surface area (Å²) >= 11 is 8.91. The van der Waals surface area contributed by atoms with Crippen LogP contribution in [0.15, 0.2) is 63.9 Å². The summed E-state index contributed by atoms with van der Waals surface area (Å²) in [6, 6.07) is 14.3. The lowest BCUT2D eigenvalue weighted by Crippen LogP contribution is -2.32. The highest BCUT2D eigenvalue weighted by Gasteiger charge is 2.19. The van der Waals surface area contributed by atoms with Gasteiger partial charge in [0.15, 0.2) is 4.34 Å². The first kappa shape index (κ1) is 24.2. The lowest BCUT2D eigenvalue weighted by atomic mass is 10.2. The Morgan fingerprint density at radius 1 is 1.19 bits per heavy atom. The molecular formula is C24H20ClN7O2S2. The number of fused-ring (bicyclic) bond motifs is 2. The Labute approximate surface area is 218 Å². The molecule has 5 rings (SSSR count). The summed E-state index contributed by atoms with van der Waals surface area (Å²) in [7, 11) is 0. The SMILES string of the molecule is CCCn1c(=N)c(C(=O)Nc2nnc(SCc3ccccc3Cl)s2)cc2c(=O)n3ccccc3nc21. The van der Waals surface area contributed by atoms with E-state index in [4.69, 9.17) is 17.0 Å². The Morgan fingerprint density at radius 3 is 2.81 bits per heavy atom. The molecule has 4 aromatic heterocycles. The topological polar surface area (TPSA) is 118 Å². The van der Waals surface area contributed by atoms with E-state index >= 15 is 0 Å². The van der Waals surface area contributed by atoms with Crippen LogP contribution in [-0.4, -0.2) is 30.1 Å². The van der Waals surface area contributed by atoms with Crippen LogP contribution in [0.4, 0.5) is 5.13 Å². The summed E-state index contributed by atoms with van der Waals surface area (Å²) in [5.74, 6) is 0.0780. The number of carbonyl (C=O) groups excluding carboxylic acids is 1. The lowest BCUT2D eigenvalue weighted by molar-refractivity contribution is 0.102. The van der Waals surface area contributed by atoms with Gasteiger partial charge < -0.3 is 4.57 Å². The summed E-state index contributed by atoms with van der Waals surface area (Å²) in [5.41, 5.74) is 1.57. The fourth-order valence-corrected chi connectivity index (χ4v) is 5.77. The minimum atomic E-state index is -0.539. The van der Waals surface area contributed by atoms with Gasteiger partial charge in [0.1, 0.15) is 16.8 Å². The van der Waals surface area contributed by atoms with Crippen molar-refractivity contribution < 1.29 is 4.79 Å². The van der Waals surface area contributed by atoms with Gasteiger partial charge in [-0.15, -0.1) is 10.2 Å². The van der Waals surface area contributed by atoms with Gasteiger partial charge >= 0.3 is 0 Å². The van der Waals surface area contributed by atoms with Crippen molar-refractivity contribution >= 4 is 62.4 Å². The van der Waals surface area contributed by atoms with Gasteiger partial charge in [-0.25, -0.2) is 4.98 Å². The average molecular weight is 538 g/mol. The van der Waals surface area contributed by atoms with Gasteiger partial charge in [0, 0.05) is 23.5 Å². The predicted octanol–water partition coefficient (Wildman–Crippen LogP) is 4.59. The molecule has 36 heavy (non-hydrogen) atoms. The molecule has 0 spiro atoms. The zero-order valence-electron chi connectivity index (χ0n) is 19.1. The highest BCUT2D eigenvalue weighted by Crippen LogP contribution is 2.30. The van der Waals surface area contributed by atoms with E-state index in [1.807, 2.05) is 31.2 Å². The van der Waals surface area contributed by atoms with Crippen LogP contribution in [0.1, 0.15) is 29.3 Å². The molecule has 4 heterocycles. The van der Waals surface area contributed by atoms with Gasteiger partial charge in [-0.3, -0.25) is 24.7 Å². The molecule has 0 saturated heterocycles. The second kappa shape index (κ2) is 10.2. The molecule has 9 nitrogen and oxygen atoms in total. The number of pyridine rings is 2. The van der Waals surface area contributed by atoms with Crippen molar-refractivity contribution in [3.63, 3.8) is 0 Å².